The number of aromatic amines is 1. The third-order valence-corrected chi connectivity index (χ3v) is 2.84. The van der Waals surface area contributed by atoms with Gasteiger partial charge < -0.3 is 10.4 Å². The van der Waals surface area contributed by atoms with Crippen LogP contribution < -0.4 is 5.32 Å². The second-order valence-electron chi connectivity index (χ2n) is 4.61. The van der Waals surface area contributed by atoms with E-state index in [0.717, 1.165) is 5.56 Å². The molecule has 0 aliphatic rings. The predicted molar refractivity (Wildman–Crippen MR) is 77.4 cm³/mol. The van der Waals surface area contributed by atoms with Gasteiger partial charge in [-0.3, -0.25) is 9.89 Å². The first-order valence-electron chi connectivity index (χ1n) is 6.47. The molecule has 1 amide bonds. The third-order valence-electron chi connectivity index (χ3n) is 2.84. The highest BCUT2D eigenvalue weighted by atomic mass is 16.2. The van der Waals surface area contributed by atoms with Crippen LogP contribution in [0.3, 0.4) is 0 Å². The van der Waals surface area contributed by atoms with Gasteiger partial charge in [-0.2, -0.15) is 5.10 Å². The van der Waals surface area contributed by atoms with Crippen molar-refractivity contribution in [2.24, 2.45) is 0 Å². The lowest BCUT2D eigenvalue weighted by Crippen LogP contribution is -2.27. The molecule has 0 aliphatic carbocycles. The average molecular weight is 284 g/mol. The van der Waals surface area contributed by atoms with E-state index in [0.29, 0.717) is 17.0 Å². The molecular weight excluding hydrogens is 268 g/mol. The lowest BCUT2D eigenvalue weighted by Gasteiger charge is -2.11. The van der Waals surface area contributed by atoms with E-state index in [-0.39, 0.29) is 18.6 Å². The molecule has 2 rings (SSSR count). The first-order valence-corrected chi connectivity index (χ1v) is 6.47. The van der Waals surface area contributed by atoms with E-state index in [4.69, 9.17) is 5.11 Å². The van der Waals surface area contributed by atoms with E-state index in [1.54, 1.807) is 12.1 Å². The van der Waals surface area contributed by atoms with E-state index in [1.807, 2.05) is 19.9 Å². The highest BCUT2D eigenvalue weighted by Gasteiger charge is 2.14. The van der Waals surface area contributed by atoms with Gasteiger partial charge in [0.05, 0.1) is 6.04 Å². The lowest BCUT2D eigenvalue weighted by atomic mass is 10.1. The monoisotopic (exact) mass is 284 g/mol. The molecule has 0 radical (unpaired) electrons. The van der Waals surface area contributed by atoms with Crippen molar-refractivity contribution in [1.82, 2.24) is 20.5 Å². The van der Waals surface area contributed by atoms with Crippen molar-refractivity contribution < 1.29 is 9.90 Å². The van der Waals surface area contributed by atoms with Gasteiger partial charge in [-0.1, -0.05) is 11.8 Å². The Bertz CT molecular complexity index is 683. The third kappa shape index (κ3) is 3.91. The summed E-state index contributed by atoms with van der Waals surface area (Å²) in [7, 11) is 0. The standard InChI is InChI=1S/C15H16N4O2/c1-10-6-12(4-3-5-20)8-13(7-10)15(21)18-11(2)14-16-9-17-19-14/h6-9,11,20H,5H2,1-2H3,(H,18,21)(H,16,17,19). The van der Waals surface area contributed by atoms with Gasteiger partial charge in [0.1, 0.15) is 18.8 Å². The van der Waals surface area contributed by atoms with Gasteiger partial charge in [0.25, 0.3) is 5.91 Å². The molecule has 2 aromatic rings. The summed E-state index contributed by atoms with van der Waals surface area (Å²) in [5.74, 6) is 5.75. The molecule has 6 heteroatoms. The molecule has 0 fully saturated rings. The van der Waals surface area contributed by atoms with Crippen molar-refractivity contribution in [2.75, 3.05) is 6.61 Å². The first kappa shape index (κ1) is 14.8. The van der Waals surface area contributed by atoms with E-state index in [9.17, 15) is 4.79 Å². The highest BCUT2D eigenvalue weighted by molar-refractivity contribution is 5.95. The molecule has 1 aromatic heterocycles. The molecule has 1 heterocycles. The molecule has 0 spiro atoms. The summed E-state index contributed by atoms with van der Waals surface area (Å²) in [6.45, 7) is 3.50. The maximum Gasteiger partial charge on any atom is 0.251 e. The number of carbonyl (C=O) groups is 1. The Labute approximate surface area is 122 Å². The number of aliphatic hydroxyl groups excluding tert-OH is 1. The summed E-state index contributed by atoms with van der Waals surface area (Å²) >= 11 is 0. The fourth-order valence-corrected chi connectivity index (χ4v) is 1.90. The first-order chi connectivity index (χ1) is 10.1. The van der Waals surface area contributed by atoms with Crippen molar-refractivity contribution in [3.8, 4) is 11.8 Å². The number of benzene rings is 1. The molecular formula is C15H16N4O2. The van der Waals surface area contributed by atoms with Gasteiger partial charge in [0.2, 0.25) is 0 Å². The maximum absolute atomic E-state index is 12.3. The topological polar surface area (TPSA) is 90.9 Å². The fourth-order valence-electron chi connectivity index (χ4n) is 1.90. The summed E-state index contributed by atoms with van der Waals surface area (Å²) < 4.78 is 0. The molecule has 6 nitrogen and oxygen atoms in total. The van der Waals surface area contributed by atoms with Gasteiger partial charge >= 0.3 is 0 Å². The van der Waals surface area contributed by atoms with Gasteiger partial charge in [0.15, 0.2) is 0 Å². The van der Waals surface area contributed by atoms with Crippen LogP contribution in [0.2, 0.25) is 0 Å². The highest BCUT2D eigenvalue weighted by Crippen LogP contribution is 2.11. The van der Waals surface area contributed by atoms with Crippen molar-refractivity contribution in [2.45, 2.75) is 19.9 Å². The number of nitrogens with one attached hydrogen (secondary N) is 2. The minimum absolute atomic E-state index is 0.210. The zero-order valence-corrected chi connectivity index (χ0v) is 11.8. The maximum atomic E-state index is 12.3. The summed E-state index contributed by atoms with van der Waals surface area (Å²) in [6.07, 6.45) is 1.40. The second-order valence-corrected chi connectivity index (χ2v) is 4.61. The number of carbonyl (C=O) groups excluding carboxylic acids is 1. The Kier molecular flexibility index (Phi) is 4.69. The van der Waals surface area contributed by atoms with Gasteiger partial charge in [-0.25, -0.2) is 4.98 Å². The lowest BCUT2D eigenvalue weighted by molar-refractivity contribution is 0.0938. The van der Waals surface area contributed by atoms with E-state index in [2.05, 4.69) is 32.3 Å². The van der Waals surface area contributed by atoms with Crippen molar-refractivity contribution >= 4 is 5.91 Å². The molecule has 21 heavy (non-hydrogen) atoms. The number of aliphatic hydroxyl groups is 1. The van der Waals surface area contributed by atoms with Crippen LogP contribution in [0.25, 0.3) is 0 Å². The molecule has 3 N–H and O–H groups in total. The summed E-state index contributed by atoms with van der Waals surface area (Å²) in [4.78, 5) is 16.3. The number of aryl methyl sites for hydroxylation is 1. The van der Waals surface area contributed by atoms with Crippen molar-refractivity contribution in [1.29, 1.82) is 0 Å². The molecule has 1 unspecified atom stereocenters. The quantitative estimate of drug-likeness (QED) is 0.732. The van der Waals surface area contributed by atoms with Crippen LogP contribution in [0.4, 0.5) is 0 Å². The normalized spacial score (nSPS) is 11.4. The Morgan fingerprint density at radius 1 is 1.48 bits per heavy atom. The Hall–Kier alpha value is -2.65. The average Bonchev–Trinajstić information content (AvgIpc) is 2.98. The minimum Gasteiger partial charge on any atom is -0.384 e. The number of rotatable bonds is 3. The Morgan fingerprint density at radius 2 is 2.29 bits per heavy atom. The van der Waals surface area contributed by atoms with Crippen molar-refractivity contribution in [3.05, 3.63) is 47.0 Å². The fraction of sp³-hybridized carbons (Fsp3) is 0.267. The zero-order valence-electron chi connectivity index (χ0n) is 11.8. The number of hydrogen-bond donors (Lipinski definition) is 3. The van der Waals surface area contributed by atoms with Gasteiger partial charge in [0, 0.05) is 11.1 Å². The molecule has 1 aromatic carbocycles. The van der Waals surface area contributed by atoms with Crippen LogP contribution in [0.15, 0.2) is 24.5 Å². The smallest absolute Gasteiger partial charge is 0.251 e. The zero-order chi connectivity index (χ0) is 15.2. The molecule has 108 valence electrons. The Morgan fingerprint density at radius 3 is 2.95 bits per heavy atom. The largest absolute Gasteiger partial charge is 0.384 e. The van der Waals surface area contributed by atoms with Crippen LogP contribution in [-0.2, 0) is 0 Å². The van der Waals surface area contributed by atoms with Crippen LogP contribution in [0, 0.1) is 18.8 Å². The summed E-state index contributed by atoms with van der Waals surface area (Å²) in [6, 6.07) is 5.07. The number of H-pyrrole nitrogens is 1. The van der Waals surface area contributed by atoms with Crippen LogP contribution in [-0.4, -0.2) is 32.8 Å². The minimum atomic E-state index is -0.271. The van der Waals surface area contributed by atoms with E-state index in [1.165, 1.54) is 6.33 Å². The predicted octanol–water partition coefficient (Wildman–Crippen LogP) is 0.948. The van der Waals surface area contributed by atoms with E-state index >= 15 is 0 Å². The molecule has 0 saturated carbocycles. The summed E-state index contributed by atoms with van der Waals surface area (Å²) in [5, 5.41) is 18.0. The second kappa shape index (κ2) is 6.68. The number of amides is 1. The van der Waals surface area contributed by atoms with Gasteiger partial charge in [-0.05, 0) is 37.6 Å². The molecule has 0 saturated heterocycles. The number of aromatic nitrogens is 3. The molecule has 1 atom stereocenters. The Balaban J connectivity index is 2.17. The van der Waals surface area contributed by atoms with E-state index < -0.39 is 0 Å². The van der Waals surface area contributed by atoms with Crippen molar-refractivity contribution in [3.63, 3.8) is 0 Å². The number of hydrogen-bond acceptors (Lipinski definition) is 4. The van der Waals surface area contributed by atoms with Crippen LogP contribution in [0.5, 0.6) is 0 Å². The molecule has 0 aliphatic heterocycles. The van der Waals surface area contributed by atoms with Crippen LogP contribution >= 0.6 is 0 Å². The summed E-state index contributed by atoms with van der Waals surface area (Å²) in [5.41, 5.74) is 2.14. The van der Waals surface area contributed by atoms with Gasteiger partial charge in [-0.15, -0.1) is 0 Å². The number of nitrogens with zero attached hydrogens (tertiary/aromatic N) is 2. The molecule has 0 bridgehead atoms. The van der Waals surface area contributed by atoms with Crippen LogP contribution in [0.1, 0.15) is 40.3 Å². The SMILES string of the molecule is Cc1cc(C#CCO)cc(C(=O)NC(C)c2ncn[nH]2)c1.